The van der Waals surface area contributed by atoms with Crippen LogP contribution in [0.3, 0.4) is 0 Å². The number of benzene rings is 1. The normalized spacial score (nSPS) is 18.0. The molecule has 21 heavy (non-hydrogen) atoms. The van der Waals surface area contributed by atoms with Gasteiger partial charge in [0.2, 0.25) is 0 Å². The van der Waals surface area contributed by atoms with E-state index in [2.05, 4.69) is 10.3 Å². The molecule has 5 heteroatoms. The molecule has 0 bridgehead atoms. The van der Waals surface area contributed by atoms with Crippen molar-refractivity contribution in [1.82, 2.24) is 4.98 Å². The number of hydrogen-bond donors (Lipinski definition) is 2. The van der Waals surface area contributed by atoms with Crippen LogP contribution in [0.1, 0.15) is 23.2 Å². The first-order chi connectivity index (χ1) is 10.2. The maximum Gasteiger partial charge on any atom is 0.336 e. The van der Waals surface area contributed by atoms with Crippen molar-refractivity contribution < 1.29 is 14.6 Å². The predicted molar refractivity (Wildman–Crippen MR) is 80.7 cm³/mol. The van der Waals surface area contributed by atoms with E-state index in [1.54, 1.807) is 12.1 Å². The Morgan fingerprint density at radius 1 is 1.43 bits per heavy atom. The quantitative estimate of drug-likeness (QED) is 0.884. The lowest BCUT2D eigenvalue weighted by molar-refractivity contribution is 0.0699. The van der Waals surface area contributed by atoms with Crippen LogP contribution < -0.4 is 5.32 Å². The highest BCUT2D eigenvalue weighted by Gasteiger charge is 2.15. The summed E-state index contributed by atoms with van der Waals surface area (Å²) in [6.07, 6.45) is 2.12. The van der Waals surface area contributed by atoms with Gasteiger partial charge in [-0.25, -0.2) is 9.78 Å². The van der Waals surface area contributed by atoms with E-state index in [0.29, 0.717) is 22.6 Å². The number of carboxylic acids is 1. The van der Waals surface area contributed by atoms with Crippen molar-refractivity contribution >= 4 is 22.7 Å². The molecule has 2 aromatic rings. The lowest BCUT2D eigenvalue weighted by Gasteiger charge is -2.11. The first-order valence-electron chi connectivity index (χ1n) is 7.19. The second-order valence-electron chi connectivity index (χ2n) is 5.32. The number of anilines is 1. The first kappa shape index (κ1) is 13.8. The van der Waals surface area contributed by atoms with Crippen LogP contribution in [0, 0.1) is 5.92 Å². The molecule has 1 fully saturated rings. The van der Waals surface area contributed by atoms with Crippen molar-refractivity contribution in [1.29, 1.82) is 0 Å². The zero-order valence-corrected chi connectivity index (χ0v) is 11.7. The van der Waals surface area contributed by atoms with Gasteiger partial charge < -0.3 is 15.2 Å². The number of carbonyl (C=O) groups is 1. The maximum atomic E-state index is 11.4. The molecule has 1 unspecified atom stereocenters. The number of rotatable bonds is 5. The van der Waals surface area contributed by atoms with E-state index >= 15 is 0 Å². The van der Waals surface area contributed by atoms with Gasteiger partial charge in [0, 0.05) is 25.1 Å². The lowest BCUT2D eigenvalue weighted by atomic mass is 10.1. The SMILES string of the molecule is O=C(O)c1cc(NCCC2CCOC2)nc2ccccc12. The largest absolute Gasteiger partial charge is 0.478 e. The fraction of sp³-hybridized carbons (Fsp3) is 0.375. The van der Waals surface area contributed by atoms with E-state index in [0.717, 1.165) is 32.6 Å². The number of para-hydroxylation sites is 1. The van der Waals surface area contributed by atoms with Crippen molar-refractivity contribution in [3.63, 3.8) is 0 Å². The average Bonchev–Trinajstić information content (AvgIpc) is 2.99. The molecule has 0 spiro atoms. The zero-order chi connectivity index (χ0) is 14.7. The maximum absolute atomic E-state index is 11.4. The van der Waals surface area contributed by atoms with Gasteiger partial charge in [-0.15, -0.1) is 0 Å². The molecule has 0 aliphatic carbocycles. The number of hydrogen-bond acceptors (Lipinski definition) is 4. The minimum atomic E-state index is -0.930. The van der Waals surface area contributed by atoms with Gasteiger partial charge in [0.25, 0.3) is 0 Å². The molecule has 1 aliphatic heterocycles. The number of ether oxygens (including phenoxy) is 1. The van der Waals surface area contributed by atoms with Gasteiger partial charge in [0.15, 0.2) is 0 Å². The number of nitrogens with one attached hydrogen (secondary N) is 1. The summed E-state index contributed by atoms with van der Waals surface area (Å²) in [5, 5.41) is 13.2. The average molecular weight is 286 g/mol. The van der Waals surface area contributed by atoms with Crippen LogP contribution in [-0.2, 0) is 4.74 Å². The van der Waals surface area contributed by atoms with Crippen molar-refractivity contribution in [2.24, 2.45) is 5.92 Å². The number of fused-ring (bicyclic) bond motifs is 1. The Morgan fingerprint density at radius 3 is 3.05 bits per heavy atom. The second kappa shape index (κ2) is 6.10. The van der Waals surface area contributed by atoms with Crippen molar-refractivity contribution in [3.05, 3.63) is 35.9 Å². The molecule has 5 nitrogen and oxygen atoms in total. The van der Waals surface area contributed by atoms with E-state index in [1.165, 1.54) is 0 Å². The Balaban J connectivity index is 1.76. The molecule has 0 saturated carbocycles. The van der Waals surface area contributed by atoms with Crippen LogP contribution in [0.4, 0.5) is 5.82 Å². The Labute approximate surface area is 123 Å². The minimum absolute atomic E-state index is 0.285. The standard InChI is InChI=1S/C16H18N2O3/c19-16(20)13-9-15(17-7-5-11-6-8-21-10-11)18-14-4-2-1-3-12(13)14/h1-4,9,11H,5-8,10H2,(H,17,18)(H,19,20). The fourth-order valence-electron chi connectivity index (χ4n) is 2.66. The van der Waals surface area contributed by atoms with Gasteiger partial charge in [-0.3, -0.25) is 0 Å². The molecule has 1 aromatic heterocycles. The minimum Gasteiger partial charge on any atom is -0.478 e. The molecule has 1 atom stereocenters. The van der Waals surface area contributed by atoms with Gasteiger partial charge >= 0.3 is 5.97 Å². The van der Waals surface area contributed by atoms with Gasteiger partial charge in [-0.2, -0.15) is 0 Å². The van der Waals surface area contributed by atoms with Crippen molar-refractivity contribution in [2.45, 2.75) is 12.8 Å². The predicted octanol–water partition coefficient (Wildman–Crippen LogP) is 2.77. The number of carboxylic acid groups (broad SMARTS) is 1. The van der Waals surface area contributed by atoms with Crippen LogP contribution in [0.2, 0.25) is 0 Å². The topological polar surface area (TPSA) is 71.5 Å². The third-order valence-electron chi connectivity index (χ3n) is 3.83. The highest BCUT2D eigenvalue weighted by molar-refractivity contribution is 6.03. The third-order valence-corrected chi connectivity index (χ3v) is 3.83. The third kappa shape index (κ3) is 3.13. The summed E-state index contributed by atoms with van der Waals surface area (Å²) in [5.74, 6) is 0.280. The summed E-state index contributed by atoms with van der Waals surface area (Å²) in [6.45, 7) is 2.45. The molecular weight excluding hydrogens is 268 g/mol. The molecule has 0 radical (unpaired) electrons. The lowest BCUT2D eigenvalue weighted by Crippen LogP contribution is -2.11. The van der Waals surface area contributed by atoms with Gasteiger partial charge in [0.1, 0.15) is 5.82 Å². The number of aromatic carboxylic acids is 1. The van der Waals surface area contributed by atoms with E-state index in [9.17, 15) is 9.90 Å². The molecular formula is C16H18N2O3. The summed E-state index contributed by atoms with van der Waals surface area (Å²) >= 11 is 0. The van der Waals surface area contributed by atoms with Crippen LogP contribution >= 0.6 is 0 Å². The van der Waals surface area contributed by atoms with Crippen LogP contribution in [0.15, 0.2) is 30.3 Å². The monoisotopic (exact) mass is 286 g/mol. The summed E-state index contributed by atoms with van der Waals surface area (Å²) in [4.78, 5) is 15.9. The molecule has 110 valence electrons. The van der Waals surface area contributed by atoms with Gasteiger partial charge in [-0.1, -0.05) is 18.2 Å². The number of pyridine rings is 1. The molecule has 1 aliphatic rings. The highest BCUT2D eigenvalue weighted by atomic mass is 16.5. The Morgan fingerprint density at radius 2 is 2.29 bits per heavy atom. The summed E-state index contributed by atoms with van der Waals surface area (Å²) in [7, 11) is 0. The van der Waals surface area contributed by atoms with Crippen LogP contribution in [0.5, 0.6) is 0 Å². The molecule has 1 saturated heterocycles. The summed E-state index contributed by atoms with van der Waals surface area (Å²) in [6, 6.07) is 8.91. The first-order valence-corrected chi connectivity index (χ1v) is 7.19. The smallest absolute Gasteiger partial charge is 0.336 e. The fourth-order valence-corrected chi connectivity index (χ4v) is 2.66. The van der Waals surface area contributed by atoms with E-state index < -0.39 is 5.97 Å². The molecule has 2 heterocycles. The van der Waals surface area contributed by atoms with Gasteiger partial charge in [-0.05, 0) is 30.9 Å². The highest BCUT2D eigenvalue weighted by Crippen LogP contribution is 2.21. The molecule has 1 aromatic carbocycles. The summed E-state index contributed by atoms with van der Waals surface area (Å²) < 4.78 is 5.35. The van der Waals surface area contributed by atoms with E-state index in [1.807, 2.05) is 18.2 Å². The number of nitrogens with zero attached hydrogens (tertiary/aromatic N) is 1. The number of aromatic nitrogens is 1. The molecule has 0 amide bonds. The summed E-state index contributed by atoms with van der Waals surface area (Å²) in [5.41, 5.74) is 0.983. The van der Waals surface area contributed by atoms with Crippen molar-refractivity contribution in [2.75, 3.05) is 25.1 Å². The Hall–Kier alpha value is -2.14. The van der Waals surface area contributed by atoms with Gasteiger partial charge in [0.05, 0.1) is 11.1 Å². The van der Waals surface area contributed by atoms with Crippen molar-refractivity contribution in [3.8, 4) is 0 Å². The molecule has 2 N–H and O–H groups in total. The Bertz CT molecular complexity index is 651. The van der Waals surface area contributed by atoms with Crippen LogP contribution in [0.25, 0.3) is 10.9 Å². The zero-order valence-electron chi connectivity index (χ0n) is 11.7. The second-order valence-corrected chi connectivity index (χ2v) is 5.32. The molecule has 3 rings (SSSR count). The van der Waals surface area contributed by atoms with E-state index in [-0.39, 0.29) is 5.56 Å². The Kier molecular flexibility index (Phi) is 4.01. The van der Waals surface area contributed by atoms with E-state index in [4.69, 9.17) is 4.74 Å². The van der Waals surface area contributed by atoms with Crippen LogP contribution in [-0.4, -0.2) is 35.8 Å².